The summed E-state index contributed by atoms with van der Waals surface area (Å²) in [5.41, 5.74) is 1.05. The zero-order valence-electron chi connectivity index (χ0n) is 10.4. The van der Waals surface area contributed by atoms with Crippen LogP contribution in [0.15, 0.2) is 24.3 Å². The molecule has 4 nitrogen and oxygen atoms in total. The molecule has 1 amide bonds. The summed E-state index contributed by atoms with van der Waals surface area (Å²) < 4.78 is 5.15. The normalized spacial score (nSPS) is 19.3. The maximum atomic E-state index is 11.9. The van der Waals surface area contributed by atoms with Crippen LogP contribution in [0.2, 0.25) is 0 Å². The van der Waals surface area contributed by atoms with Gasteiger partial charge in [0, 0.05) is 24.6 Å². The number of methoxy groups -OCH3 is 1. The molecule has 0 bridgehead atoms. The molecule has 1 heterocycles. The summed E-state index contributed by atoms with van der Waals surface area (Å²) in [6.07, 6.45) is 0. The van der Waals surface area contributed by atoms with Crippen molar-refractivity contribution in [2.75, 3.05) is 25.2 Å². The fraction of sp³-hybridized carbons (Fsp3) is 0.462. The summed E-state index contributed by atoms with van der Waals surface area (Å²) in [6, 6.07) is 7.67. The molecule has 0 radical (unpaired) electrons. The molecule has 2 N–H and O–H groups in total. The second-order valence-corrected chi connectivity index (χ2v) is 5.30. The highest BCUT2D eigenvalue weighted by molar-refractivity contribution is 7.99. The van der Waals surface area contributed by atoms with Gasteiger partial charge >= 0.3 is 0 Å². The van der Waals surface area contributed by atoms with Crippen LogP contribution in [0.25, 0.3) is 0 Å². The van der Waals surface area contributed by atoms with Crippen molar-refractivity contribution in [1.82, 2.24) is 10.6 Å². The van der Waals surface area contributed by atoms with E-state index in [1.165, 1.54) is 0 Å². The highest BCUT2D eigenvalue weighted by Gasteiger charge is 2.20. The van der Waals surface area contributed by atoms with E-state index in [1.54, 1.807) is 7.11 Å². The second-order valence-electron chi connectivity index (χ2n) is 4.15. The number of benzene rings is 1. The summed E-state index contributed by atoms with van der Waals surface area (Å²) in [5.74, 6) is 2.82. The van der Waals surface area contributed by atoms with Crippen LogP contribution in [0.5, 0.6) is 5.75 Å². The quantitative estimate of drug-likeness (QED) is 0.854. The number of carbonyl (C=O) groups excluding carboxylic acids is 1. The second kappa shape index (κ2) is 6.66. The van der Waals surface area contributed by atoms with Crippen molar-refractivity contribution in [3.63, 3.8) is 0 Å². The van der Waals surface area contributed by atoms with E-state index < -0.39 is 0 Å². The Labute approximate surface area is 111 Å². The molecular formula is C13H18N2O2S. The third kappa shape index (κ3) is 3.65. The van der Waals surface area contributed by atoms with Gasteiger partial charge in [-0.05, 0) is 17.7 Å². The van der Waals surface area contributed by atoms with E-state index in [2.05, 4.69) is 10.6 Å². The molecule has 0 aliphatic carbocycles. The number of carbonyl (C=O) groups is 1. The molecule has 2 rings (SSSR count). The molecule has 1 aliphatic rings. The SMILES string of the molecule is COc1cccc(CNC(=O)C2CSCCN2)c1. The summed E-state index contributed by atoms with van der Waals surface area (Å²) in [6.45, 7) is 1.45. The lowest BCUT2D eigenvalue weighted by Crippen LogP contribution is -2.48. The van der Waals surface area contributed by atoms with Crippen molar-refractivity contribution >= 4 is 17.7 Å². The Kier molecular flexibility index (Phi) is 4.90. The standard InChI is InChI=1S/C13H18N2O2S/c1-17-11-4-2-3-10(7-11)8-15-13(16)12-9-18-6-5-14-12/h2-4,7,12,14H,5-6,8-9H2,1H3,(H,15,16). The molecule has 1 unspecified atom stereocenters. The molecular weight excluding hydrogens is 248 g/mol. The Morgan fingerprint density at radius 2 is 2.50 bits per heavy atom. The molecule has 18 heavy (non-hydrogen) atoms. The molecule has 1 atom stereocenters. The van der Waals surface area contributed by atoms with Crippen LogP contribution in [0.4, 0.5) is 0 Å². The highest BCUT2D eigenvalue weighted by Crippen LogP contribution is 2.12. The average Bonchev–Trinajstić information content (AvgIpc) is 2.46. The Morgan fingerprint density at radius 3 is 3.22 bits per heavy atom. The van der Waals surface area contributed by atoms with Gasteiger partial charge in [-0.25, -0.2) is 0 Å². The lowest BCUT2D eigenvalue weighted by molar-refractivity contribution is -0.122. The highest BCUT2D eigenvalue weighted by atomic mass is 32.2. The molecule has 1 aromatic rings. The van der Waals surface area contributed by atoms with Gasteiger partial charge in [-0.1, -0.05) is 12.1 Å². The molecule has 1 aliphatic heterocycles. The minimum absolute atomic E-state index is 0.0608. The Balaban J connectivity index is 1.84. The number of ether oxygens (including phenoxy) is 1. The van der Waals surface area contributed by atoms with Gasteiger partial charge in [0.15, 0.2) is 0 Å². The van der Waals surface area contributed by atoms with Gasteiger partial charge in [0.2, 0.25) is 5.91 Å². The first-order valence-electron chi connectivity index (χ1n) is 6.01. The zero-order chi connectivity index (χ0) is 12.8. The average molecular weight is 266 g/mol. The van der Waals surface area contributed by atoms with Gasteiger partial charge in [-0.15, -0.1) is 0 Å². The topological polar surface area (TPSA) is 50.4 Å². The van der Waals surface area contributed by atoms with Gasteiger partial charge in [0.05, 0.1) is 13.2 Å². The van der Waals surface area contributed by atoms with Crippen molar-refractivity contribution in [3.05, 3.63) is 29.8 Å². The van der Waals surface area contributed by atoms with Gasteiger partial charge in [-0.3, -0.25) is 4.79 Å². The van der Waals surface area contributed by atoms with Crippen LogP contribution in [0.1, 0.15) is 5.56 Å². The maximum Gasteiger partial charge on any atom is 0.238 e. The van der Waals surface area contributed by atoms with E-state index >= 15 is 0 Å². The predicted octanol–water partition coefficient (Wildman–Crippen LogP) is 1.02. The molecule has 98 valence electrons. The van der Waals surface area contributed by atoms with Crippen molar-refractivity contribution < 1.29 is 9.53 Å². The largest absolute Gasteiger partial charge is 0.497 e. The predicted molar refractivity (Wildman–Crippen MR) is 74.0 cm³/mol. The molecule has 0 aromatic heterocycles. The molecule has 0 saturated carbocycles. The van der Waals surface area contributed by atoms with Crippen molar-refractivity contribution in [2.45, 2.75) is 12.6 Å². The van der Waals surface area contributed by atoms with E-state index in [9.17, 15) is 4.79 Å². The number of rotatable bonds is 4. The molecule has 1 aromatic carbocycles. The van der Waals surface area contributed by atoms with Gasteiger partial charge in [0.25, 0.3) is 0 Å². The number of hydrogen-bond acceptors (Lipinski definition) is 4. The number of thioether (sulfide) groups is 1. The van der Waals surface area contributed by atoms with Crippen molar-refractivity contribution in [1.29, 1.82) is 0 Å². The first kappa shape index (κ1) is 13.2. The van der Waals surface area contributed by atoms with Crippen molar-refractivity contribution in [2.24, 2.45) is 0 Å². The monoisotopic (exact) mass is 266 g/mol. The van der Waals surface area contributed by atoms with E-state index in [0.29, 0.717) is 6.54 Å². The van der Waals surface area contributed by atoms with Crippen LogP contribution >= 0.6 is 11.8 Å². The smallest absolute Gasteiger partial charge is 0.238 e. The lowest BCUT2D eigenvalue weighted by Gasteiger charge is -2.22. The van der Waals surface area contributed by atoms with Crippen LogP contribution in [0.3, 0.4) is 0 Å². The number of nitrogens with one attached hydrogen (secondary N) is 2. The Hall–Kier alpha value is -1.20. The number of amides is 1. The van der Waals surface area contributed by atoms with E-state index in [1.807, 2.05) is 36.0 Å². The lowest BCUT2D eigenvalue weighted by atomic mass is 10.2. The van der Waals surface area contributed by atoms with E-state index in [-0.39, 0.29) is 11.9 Å². The Morgan fingerprint density at radius 1 is 1.61 bits per heavy atom. The van der Waals surface area contributed by atoms with Gasteiger partial charge in [-0.2, -0.15) is 11.8 Å². The fourth-order valence-corrected chi connectivity index (χ4v) is 2.76. The molecule has 1 saturated heterocycles. The minimum Gasteiger partial charge on any atom is -0.497 e. The Bertz CT molecular complexity index is 406. The summed E-state index contributed by atoms with van der Waals surface area (Å²) in [4.78, 5) is 11.9. The third-order valence-electron chi connectivity index (χ3n) is 2.84. The first-order chi connectivity index (χ1) is 8.79. The molecule has 5 heteroatoms. The van der Waals surface area contributed by atoms with Crippen LogP contribution in [0, 0.1) is 0 Å². The van der Waals surface area contributed by atoms with Gasteiger partial charge < -0.3 is 15.4 Å². The summed E-state index contributed by atoms with van der Waals surface area (Å²) in [7, 11) is 1.64. The first-order valence-corrected chi connectivity index (χ1v) is 7.17. The van der Waals surface area contributed by atoms with Crippen molar-refractivity contribution in [3.8, 4) is 5.75 Å². The zero-order valence-corrected chi connectivity index (χ0v) is 11.3. The number of hydrogen-bond donors (Lipinski definition) is 2. The van der Waals surface area contributed by atoms with E-state index in [4.69, 9.17) is 4.74 Å². The maximum absolute atomic E-state index is 11.9. The molecule has 0 spiro atoms. The fourth-order valence-electron chi connectivity index (χ4n) is 1.83. The summed E-state index contributed by atoms with van der Waals surface area (Å²) >= 11 is 1.82. The van der Waals surface area contributed by atoms with Crippen LogP contribution in [-0.2, 0) is 11.3 Å². The summed E-state index contributed by atoms with van der Waals surface area (Å²) in [5, 5.41) is 6.17. The van der Waals surface area contributed by atoms with E-state index in [0.717, 1.165) is 29.4 Å². The third-order valence-corrected chi connectivity index (χ3v) is 3.90. The van der Waals surface area contributed by atoms with Gasteiger partial charge in [0.1, 0.15) is 5.75 Å². The van der Waals surface area contributed by atoms with Crippen LogP contribution in [-0.4, -0.2) is 37.1 Å². The molecule has 1 fully saturated rings. The minimum atomic E-state index is -0.0608. The van der Waals surface area contributed by atoms with Crippen LogP contribution < -0.4 is 15.4 Å².